The van der Waals surface area contributed by atoms with E-state index in [1.54, 1.807) is 0 Å². The van der Waals surface area contributed by atoms with Crippen LogP contribution in [0.5, 0.6) is 0 Å². The first-order valence-electron chi connectivity index (χ1n) is 2.44. The molecule has 0 aliphatic rings. The summed E-state index contributed by atoms with van der Waals surface area (Å²) in [7, 11) is 0. The van der Waals surface area contributed by atoms with Gasteiger partial charge in [-0.05, 0) is 18.2 Å². The minimum absolute atomic E-state index is 0. The number of benzene rings is 1. The summed E-state index contributed by atoms with van der Waals surface area (Å²) in [6.45, 7) is 0. The zero-order valence-corrected chi connectivity index (χ0v) is 9.20. The molecule has 0 aliphatic heterocycles. The van der Waals surface area contributed by atoms with Crippen molar-refractivity contribution in [2.45, 2.75) is 4.90 Å². The third kappa shape index (κ3) is 2.27. The van der Waals surface area contributed by atoms with Crippen LogP contribution < -0.4 is 5.73 Å². The van der Waals surface area contributed by atoms with E-state index in [4.69, 9.17) is 5.73 Å². The van der Waals surface area contributed by atoms with Gasteiger partial charge in [-0.15, -0.1) is 12.6 Å². The van der Waals surface area contributed by atoms with Crippen molar-refractivity contribution in [3.05, 3.63) is 24.0 Å². The summed E-state index contributed by atoms with van der Waals surface area (Å²) in [5.41, 5.74) is 5.85. The van der Waals surface area contributed by atoms with Gasteiger partial charge in [0.25, 0.3) is 0 Å². The van der Waals surface area contributed by atoms with Gasteiger partial charge in [-0.1, -0.05) is 0 Å². The van der Waals surface area contributed by atoms with Gasteiger partial charge in [0.05, 0.1) is 0 Å². The van der Waals surface area contributed by atoms with Crippen LogP contribution in [-0.2, 0) is 19.5 Å². The summed E-state index contributed by atoms with van der Waals surface area (Å²) in [6, 6.07) is 4.06. The van der Waals surface area contributed by atoms with Crippen LogP contribution >= 0.6 is 12.6 Å². The van der Waals surface area contributed by atoms with Gasteiger partial charge in [0.2, 0.25) is 0 Å². The van der Waals surface area contributed by atoms with E-state index in [1.165, 1.54) is 18.2 Å². The molecule has 0 spiro atoms. The van der Waals surface area contributed by atoms with Crippen LogP contribution in [-0.4, -0.2) is 0 Å². The van der Waals surface area contributed by atoms with Crippen molar-refractivity contribution in [2.75, 3.05) is 5.73 Å². The molecule has 0 saturated carbocycles. The molecule has 0 atom stereocenters. The quantitative estimate of drug-likeness (QED) is 0.379. The summed E-state index contributed by atoms with van der Waals surface area (Å²) in [5.74, 6) is -0.311. The maximum absolute atomic E-state index is 12.2. The molecule has 0 heterocycles. The Labute approximate surface area is 77.0 Å². The standard InChI is InChI=1S/C6H6FNS.Zn/c7-4-1-2-5(8)6(9)3-4;/h1-3,9H,8H2;. The topological polar surface area (TPSA) is 26.0 Å². The molecular formula is C6H6FNSZn. The van der Waals surface area contributed by atoms with Crippen LogP contribution in [0.4, 0.5) is 10.1 Å². The number of nitrogens with two attached hydrogens (primary N) is 1. The number of halogens is 1. The Hall–Kier alpha value is -0.0766. The molecule has 0 amide bonds. The Bertz CT molecular complexity index is 229. The number of nitrogen functional groups attached to an aromatic ring is 1. The van der Waals surface area contributed by atoms with Crippen LogP contribution in [0.15, 0.2) is 23.1 Å². The van der Waals surface area contributed by atoms with Gasteiger partial charge in [0, 0.05) is 30.1 Å². The largest absolute Gasteiger partial charge is 0.398 e. The molecule has 0 saturated heterocycles. The smallest absolute Gasteiger partial charge is 0.124 e. The van der Waals surface area contributed by atoms with E-state index >= 15 is 0 Å². The van der Waals surface area contributed by atoms with Crippen molar-refractivity contribution in [2.24, 2.45) is 0 Å². The number of anilines is 1. The Morgan fingerprint density at radius 2 is 2.00 bits per heavy atom. The van der Waals surface area contributed by atoms with E-state index < -0.39 is 0 Å². The molecule has 0 bridgehead atoms. The average molecular weight is 209 g/mol. The monoisotopic (exact) mass is 207 g/mol. The van der Waals surface area contributed by atoms with E-state index in [0.717, 1.165) is 0 Å². The molecule has 10 heavy (non-hydrogen) atoms. The molecule has 1 rings (SSSR count). The van der Waals surface area contributed by atoms with Crippen LogP contribution in [0.3, 0.4) is 0 Å². The fourth-order valence-electron chi connectivity index (χ4n) is 0.517. The number of hydrogen-bond acceptors (Lipinski definition) is 2. The molecule has 1 aromatic carbocycles. The Balaban J connectivity index is 0.000000810. The Morgan fingerprint density at radius 3 is 2.40 bits per heavy atom. The summed E-state index contributed by atoms with van der Waals surface area (Å²) < 4.78 is 12.2. The first-order valence-corrected chi connectivity index (χ1v) is 2.89. The maximum atomic E-state index is 12.2. The third-order valence-electron chi connectivity index (χ3n) is 0.992. The molecule has 0 fully saturated rings. The van der Waals surface area contributed by atoms with Gasteiger partial charge in [-0.3, -0.25) is 0 Å². The van der Waals surface area contributed by atoms with Crippen molar-refractivity contribution < 1.29 is 23.9 Å². The van der Waals surface area contributed by atoms with Gasteiger partial charge in [-0.2, -0.15) is 0 Å². The van der Waals surface area contributed by atoms with E-state index in [0.29, 0.717) is 10.6 Å². The van der Waals surface area contributed by atoms with Gasteiger partial charge in [0.15, 0.2) is 0 Å². The maximum Gasteiger partial charge on any atom is 0.124 e. The summed E-state index contributed by atoms with van der Waals surface area (Å²) in [6.07, 6.45) is 0. The van der Waals surface area contributed by atoms with Crippen molar-refractivity contribution in [1.82, 2.24) is 0 Å². The van der Waals surface area contributed by atoms with Crippen molar-refractivity contribution >= 4 is 18.3 Å². The molecule has 1 nitrogen and oxygen atoms in total. The van der Waals surface area contributed by atoms with Crippen molar-refractivity contribution in [3.8, 4) is 0 Å². The predicted molar refractivity (Wildman–Crippen MR) is 38.1 cm³/mol. The third-order valence-corrected chi connectivity index (χ3v) is 1.38. The average Bonchev–Trinajstić information content (AvgIpc) is 1.80. The van der Waals surface area contributed by atoms with E-state index in [-0.39, 0.29) is 25.3 Å². The Morgan fingerprint density at radius 1 is 1.40 bits per heavy atom. The summed E-state index contributed by atoms with van der Waals surface area (Å²) in [5, 5.41) is 0. The fraction of sp³-hybridized carbons (Fsp3) is 0. The van der Waals surface area contributed by atoms with Crippen LogP contribution in [0.2, 0.25) is 0 Å². The first-order chi connectivity index (χ1) is 4.20. The van der Waals surface area contributed by atoms with E-state index in [1.807, 2.05) is 0 Å². The molecule has 0 unspecified atom stereocenters. The van der Waals surface area contributed by atoms with Gasteiger partial charge >= 0.3 is 0 Å². The first kappa shape index (κ1) is 9.92. The second-order valence-electron chi connectivity index (χ2n) is 1.70. The number of thiol groups is 1. The zero-order chi connectivity index (χ0) is 6.85. The van der Waals surface area contributed by atoms with E-state index in [9.17, 15) is 4.39 Å². The molecule has 1 aromatic rings. The summed E-state index contributed by atoms with van der Waals surface area (Å²) in [4.78, 5) is 0.481. The van der Waals surface area contributed by atoms with Crippen LogP contribution in [0.25, 0.3) is 0 Å². The minimum atomic E-state index is -0.311. The molecule has 4 heteroatoms. The van der Waals surface area contributed by atoms with E-state index in [2.05, 4.69) is 12.6 Å². The fourth-order valence-corrected chi connectivity index (χ4v) is 0.715. The molecule has 0 radical (unpaired) electrons. The minimum Gasteiger partial charge on any atom is -0.398 e. The Kier molecular flexibility index (Phi) is 3.91. The number of rotatable bonds is 0. The molecular weight excluding hydrogens is 203 g/mol. The van der Waals surface area contributed by atoms with Gasteiger partial charge in [-0.25, -0.2) is 4.39 Å². The van der Waals surface area contributed by atoms with Gasteiger partial charge < -0.3 is 5.73 Å². The molecule has 2 N–H and O–H groups in total. The normalized spacial score (nSPS) is 8.60. The van der Waals surface area contributed by atoms with Crippen LogP contribution in [0, 0.1) is 5.82 Å². The summed E-state index contributed by atoms with van der Waals surface area (Å²) >= 11 is 3.90. The second-order valence-corrected chi connectivity index (χ2v) is 2.18. The molecule has 0 aromatic heterocycles. The molecule has 0 aliphatic carbocycles. The van der Waals surface area contributed by atoms with Gasteiger partial charge in [0.1, 0.15) is 5.82 Å². The number of hydrogen-bond donors (Lipinski definition) is 2. The predicted octanol–water partition coefficient (Wildman–Crippen LogP) is 1.69. The van der Waals surface area contributed by atoms with Crippen LogP contribution in [0.1, 0.15) is 0 Å². The van der Waals surface area contributed by atoms with Crippen molar-refractivity contribution in [1.29, 1.82) is 0 Å². The van der Waals surface area contributed by atoms with Crippen molar-refractivity contribution in [3.63, 3.8) is 0 Å². The molecule has 50 valence electrons. The SMILES string of the molecule is Nc1ccc(F)cc1S.[Zn]. The second kappa shape index (κ2) is 3.94. The zero-order valence-electron chi connectivity index (χ0n) is 5.34.